The molecule has 0 atom stereocenters. The minimum absolute atomic E-state index is 0.205. The second kappa shape index (κ2) is 10.2. The first-order valence-electron chi connectivity index (χ1n) is 10.8. The van der Waals surface area contributed by atoms with E-state index in [4.69, 9.17) is 15.7 Å². The topological polar surface area (TPSA) is 110 Å². The Balaban J connectivity index is 1.46. The second-order valence-corrected chi connectivity index (χ2v) is 7.54. The number of rotatable bonds is 8. The predicted molar refractivity (Wildman–Crippen MR) is 129 cm³/mol. The maximum atomic E-state index is 8.96. The highest BCUT2D eigenvalue weighted by Gasteiger charge is 2.07. The number of aromatic nitrogens is 3. The molecule has 164 valence electrons. The van der Waals surface area contributed by atoms with Crippen LogP contribution in [-0.2, 0) is 6.42 Å². The van der Waals surface area contributed by atoms with Gasteiger partial charge >= 0.3 is 0 Å². The van der Waals surface area contributed by atoms with Gasteiger partial charge in [-0.25, -0.2) is 9.97 Å². The summed E-state index contributed by atoms with van der Waals surface area (Å²) in [4.78, 5) is 12.6. The number of nitrogens with two attached hydrogens (primary N) is 1. The van der Waals surface area contributed by atoms with Crippen molar-refractivity contribution in [3.63, 3.8) is 0 Å². The largest absolute Gasteiger partial charge is 0.457 e. The number of hydrogen-bond donors (Lipinski definition) is 2. The summed E-state index contributed by atoms with van der Waals surface area (Å²) in [5, 5.41) is 12.2. The van der Waals surface area contributed by atoms with Gasteiger partial charge in [-0.3, -0.25) is 0 Å². The van der Waals surface area contributed by atoms with Crippen molar-refractivity contribution in [1.29, 1.82) is 5.26 Å². The molecule has 7 nitrogen and oxygen atoms in total. The van der Waals surface area contributed by atoms with Crippen LogP contribution in [0.1, 0.15) is 31.0 Å². The van der Waals surface area contributed by atoms with Gasteiger partial charge in [-0.15, -0.1) is 0 Å². The lowest BCUT2D eigenvalue weighted by molar-refractivity contribution is 0.482. The van der Waals surface area contributed by atoms with E-state index in [1.807, 2.05) is 36.4 Å². The SMILES string of the molecule is CCCCc1ccc(-c2cc(Nc3ccc(Oc4ccnc(C#N)c4)cc3)nc(N)n2)cc1. The molecule has 2 heterocycles. The highest BCUT2D eigenvalue weighted by molar-refractivity contribution is 5.67. The van der Waals surface area contributed by atoms with Gasteiger partial charge in [0.15, 0.2) is 0 Å². The van der Waals surface area contributed by atoms with Gasteiger partial charge in [-0.2, -0.15) is 10.2 Å². The third-order valence-corrected chi connectivity index (χ3v) is 5.02. The molecule has 0 unspecified atom stereocenters. The van der Waals surface area contributed by atoms with Crippen LogP contribution in [0.5, 0.6) is 11.5 Å². The molecule has 0 aliphatic carbocycles. The molecule has 0 bridgehead atoms. The molecule has 0 saturated heterocycles. The van der Waals surface area contributed by atoms with E-state index in [0.717, 1.165) is 23.4 Å². The summed E-state index contributed by atoms with van der Waals surface area (Å²) in [5.74, 6) is 2.00. The number of nitrogens with zero attached hydrogens (tertiary/aromatic N) is 4. The van der Waals surface area contributed by atoms with E-state index in [0.29, 0.717) is 23.0 Å². The minimum atomic E-state index is 0.205. The number of nitrogens with one attached hydrogen (secondary N) is 1. The first-order valence-corrected chi connectivity index (χ1v) is 10.8. The summed E-state index contributed by atoms with van der Waals surface area (Å²) in [6.45, 7) is 2.19. The van der Waals surface area contributed by atoms with E-state index in [1.54, 1.807) is 18.3 Å². The second-order valence-electron chi connectivity index (χ2n) is 7.54. The quantitative estimate of drug-likeness (QED) is 0.355. The number of anilines is 3. The summed E-state index contributed by atoms with van der Waals surface area (Å²) >= 11 is 0. The van der Waals surface area contributed by atoms with Crippen LogP contribution in [0.2, 0.25) is 0 Å². The fourth-order valence-corrected chi connectivity index (χ4v) is 3.33. The average molecular weight is 437 g/mol. The minimum Gasteiger partial charge on any atom is -0.457 e. The van der Waals surface area contributed by atoms with E-state index >= 15 is 0 Å². The summed E-state index contributed by atoms with van der Waals surface area (Å²) in [7, 11) is 0. The normalized spacial score (nSPS) is 10.4. The fourth-order valence-electron chi connectivity index (χ4n) is 3.33. The lowest BCUT2D eigenvalue weighted by Gasteiger charge is -2.10. The molecule has 0 saturated carbocycles. The highest BCUT2D eigenvalue weighted by atomic mass is 16.5. The first-order chi connectivity index (χ1) is 16.1. The Morgan fingerprint density at radius 1 is 0.970 bits per heavy atom. The van der Waals surface area contributed by atoms with E-state index in [-0.39, 0.29) is 5.95 Å². The molecular weight excluding hydrogens is 412 g/mol. The Labute approximate surface area is 192 Å². The number of benzene rings is 2. The predicted octanol–water partition coefficient (Wildman–Crippen LogP) is 5.87. The van der Waals surface area contributed by atoms with Crippen molar-refractivity contribution >= 4 is 17.5 Å². The highest BCUT2D eigenvalue weighted by Crippen LogP contribution is 2.26. The number of nitriles is 1. The molecule has 7 heteroatoms. The van der Waals surface area contributed by atoms with E-state index in [9.17, 15) is 0 Å². The number of aryl methyl sites for hydroxylation is 1. The van der Waals surface area contributed by atoms with Gasteiger partial charge in [0.05, 0.1) is 5.69 Å². The van der Waals surface area contributed by atoms with Gasteiger partial charge in [0.2, 0.25) is 5.95 Å². The zero-order chi connectivity index (χ0) is 23.0. The number of unbranched alkanes of at least 4 members (excludes halogenated alkanes) is 1. The van der Waals surface area contributed by atoms with Gasteiger partial charge in [0.25, 0.3) is 0 Å². The van der Waals surface area contributed by atoms with Crippen LogP contribution in [0.3, 0.4) is 0 Å². The fraction of sp³-hybridized carbons (Fsp3) is 0.154. The Kier molecular flexibility index (Phi) is 6.76. The molecule has 0 spiro atoms. The molecule has 2 aromatic carbocycles. The van der Waals surface area contributed by atoms with Crippen LogP contribution in [-0.4, -0.2) is 15.0 Å². The Morgan fingerprint density at radius 3 is 2.48 bits per heavy atom. The van der Waals surface area contributed by atoms with Gasteiger partial charge < -0.3 is 15.8 Å². The van der Waals surface area contributed by atoms with Crippen molar-refractivity contribution in [3.8, 4) is 28.8 Å². The maximum absolute atomic E-state index is 8.96. The van der Waals surface area contributed by atoms with Crippen molar-refractivity contribution < 1.29 is 4.74 Å². The molecule has 0 fully saturated rings. The van der Waals surface area contributed by atoms with Crippen molar-refractivity contribution in [2.45, 2.75) is 26.2 Å². The molecule has 0 aliphatic rings. The number of hydrogen-bond acceptors (Lipinski definition) is 7. The molecule has 4 aromatic rings. The lowest BCUT2D eigenvalue weighted by Crippen LogP contribution is -2.01. The van der Waals surface area contributed by atoms with Crippen molar-refractivity contribution in [2.24, 2.45) is 0 Å². The van der Waals surface area contributed by atoms with E-state index < -0.39 is 0 Å². The molecule has 3 N–H and O–H groups in total. The van der Waals surface area contributed by atoms with Crippen LogP contribution < -0.4 is 15.8 Å². The molecule has 33 heavy (non-hydrogen) atoms. The van der Waals surface area contributed by atoms with Crippen molar-refractivity contribution in [1.82, 2.24) is 15.0 Å². The number of nitrogen functional groups attached to an aromatic ring is 1. The summed E-state index contributed by atoms with van der Waals surface area (Å²) < 4.78 is 5.79. The summed E-state index contributed by atoms with van der Waals surface area (Å²) in [5.41, 5.74) is 10.2. The zero-order valence-corrected chi connectivity index (χ0v) is 18.3. The van der Waals surface area contributed by atoms with Gasteiger partial charge in [0, 0.05) is 29.6 Å². The molecule has 0 amide bonds. The first kappa shape index (κ1) is 21.8. The van der Waals surface area contributed by atoms with Gasteiger partial charge in [-0.05, 0) is 48.7 Å². The lowest BCUT2D eigenvalue weighted by atomic mass is 10.0. The van der Waals surface area contributed by atoms with Gasteiger partial charge in [-0.1, -0.05) is 37.6 Å². The Morgan fingerprint density at radius 2 is 1.76 bits per heavy atom. The van der Waals surface area contributed by atoms with Crippen LogP contribution in [0.4, 0.5) is 17.5 Å². The standard InChI is InChI=1S/C26H24N6O/c1-2-3-4-18-5-7-19(8-6-18)24-16-25(32-26(28)31-24)30-20-9-11-22(12-10-20)33-23-13-14-29-21(15-23)17-27/h5-16H,2-4H2,1H3,(H3,28,30,31,32). The average Bonchev–Trinajstić information content (AvgIpc) is 2.84. The zero-order valence-electron chi connectivity index (χ0n) is 18.3. The molecular formula is C26H24N6O. The Bertz CT molecular complexity index is 1260. The van der Waals surface area contributed by atoms with Crippen LogP contribution >= 0.6 is 0 Å². The smallest absolute Gasteiger partial charge is 0.222 e. The van der Waals surface area contributed by atoms with Crippen LogP contribution in [0.15, 0.2) is 72.9 Å². The summed E-state index contributed by atoms with van der Waals surface area (Å²) in [6.07, 6.45) is 4.98. The van der Waals surface area contributed by atoms with Crippen molar-refractivity contribution in [3.05, 3.63) is 84.2 Å². The molecule has 2 aromatic heterocycles. The van der Waals surface area contributed by atoms with Gasteiger partial charge in [0.1, 0.15) is 29.1 Å². The van der Waals surface area contributed by atoms with Crippen LogP contribution in [0.25, 0.3) is 11.3 Å². The molecule has 4 rings (SSSR count). The van der Waals surface area contributed by atoms with Crippen molar-refractivity contribution in [2.75, 3.05) is 11.1 Å². The van der Waals surface area contributed by atoms with E-state index in [2.05, 4.69) is 51.5 Å². The molecule has 0 radical (unpaired) electrons. The Hall–Kier alpha value is -4.44. The summed E-state index contributed by atoms with van der Waals surface area (Å²) in [6, 6.07) is 23.0. The number of ether oxygens (including phenoxy) is 1. The number of pyridine rings is 1. The monoisotopic (exact) mass is 436 g/mol. The third-order valence-electron chi connectivity index (χ3n) is 5.02. The maximum Gasteiger partial charge on any atom is 0.222 e. The third kappa shape index (κ3) is 5.83. The van der Waals surface area contributed by atoms with Crippen LogP contribution in [0, 0.1) is 11.3 Å². The van der Waals surface area contributed by atoms with E-state index in [1.165, 1.54) is 18.4 Å². The molecule has 0 aliphatic heterocycles.